The molecule has 34 heavy (non-hydrogen) atoms. The van der Waals surface area contributed by atoms with E-state index in [1.807, 2.05) is 19.9 Å². The smallest absolute Gasteiger partial charge is 0.322 e. The van der Waals surface area contributed by atoms with E-state index in [1.165, 1.54) is 11.0 Å². The zero-order chi connectivity index (χ0) is 24.4. The molecule has 1 aromatic heterocycles. The standard InChI is InChI=1S/C25H29FN4O4/c1-14(2)18-8-7-17(13-19(18)26)27-25(34)30-11-3-4-21(30)23(31)29-22-10-6-15-12-16(24(32)33)5-9-20(15)28-22/h6-8,10,13-14,16,21H,3-5,9,11-12H2,1-2H3,(H,27,34)(H,32,33)(H,28,29,31)/t16?,21-/m1/s1. The van der Waals surface area contributed by atoms with Crippen LogP contribution in [0.5, 0.6) is 0 Å². The van der Waals surface area contributed by atoms with Gasteiger partial charge in [-0.2, -0.15) is 0 Å². The number of aliphatic carboxylic acids is 1. The third-order valence-corrected chi connectivity index (χ3v) is 6.55. The molecule has 0 bridgehead atoms. The maximum absolute atomic E-state index is 14.3. The lowest BCUT2D eigenvalue weighted by Crippen LogP contribution is -2.45. The molecule has 1 saturated heterocycles. The number of benzene rings is 1. The summed E-state index contributed by atoms with van der Waals surface area (Å²) in [6.45, 7) is 4.22. The van der Waals surface area contributed by atoms with Crippen molar-refractivity contribution in [1.29, 1.82) is 0 Å². The van der Waals surface area contributed by atoms with Crippen LogP contribution in [0.1, 0.15) is 55.8 Å². The largest absolute Gasteiger partial charge is 0.481 e. The van der Waals surface area contributed by atoms with Crippen molar-refractivity contribution in [2.24, 2.45) is 5.92 Å². The normalized spacial score (nSPS) is 19.6. The van der Waals surface area contributed by atoms with Gasteiger partial charge in [-0.15, -0.1) is 0 Å². The van der Waals surface area contributed by atoms with Gasteiger partial charge >= 0.3 is 12.0 Å². The molecule has 2 atom stereocenters. The van der Waals surface area contributed by atoms with Crippen LogP contribution >= 0.6 is 0 Å². The topological polar surface area (TPSA) is 112 Å². The number of carboxylic acid groups (broad SMARTS) is 1. The van der Waals surface area contributed by atoms with Crippen molar-refractivity contribution in [3.8, 4) is 0 Å². The summed E-state index contributed by atoms with van der Waals surface area (Å²) in [5.74, 6) is -1.50. The highest BCUT2D eigenvalue weighted by atomic mass is 19.1. The first kappa shape index (κ1) is 23.7. The van der Waals surface area contributed by atoms with Gasteiger partial charge in [-0.25, -0.2) is 14.2 Å². The molecular weight excluding hydrogens is 439 g/mol. The molecule has 2 heterocycles. The number of aromatic nitrogens is 1. The number of urea groups is 1. The van der Waals surface area contributed by atoms with Crippen LogP contribution in [0.15, 0.2) is 30.3 Å². The number of hydrogen-bond donors (Lipinski definition) is 3. The van der Waals surface area contributed by atoms with E-state index in [-0.39, 0.29) is 17.6 Å². The quantitative estimate of drug-likeness (QED) is 0.610. The Balaban J connectivity index is 1.40. The first-order chi connectivity index (χ1) is 16.2. The molecular formula is C25H29FN4O4. The lowest BCUT2D eigenvalue weighted by Gasteiger charge is -2.25. The Morgan fingerprint density at radius 1 is 1.15 bits per heavy atom. The van der Waals surface area contributed by atoms with Crippen LogP contribution in [0.4, 0.5) is 20.7 Å². The zero-order valence-electron chi connectivity index (χ0n) is 19.3. The first-order valence-corrected chi connectivity index (χ1v) is 11.6. The van der Waals surface area contributed by atoms with Gasteiger partial charge in [0, 0.05) is 17.9 Å². The minimum absolute atomic E-state index is 0.0345. The molecule has 1 unspecified atom stereocenters. The zero-order valence-corrected chi connectivity index (χ0v) is 19.3. The number of aryl methyl sites for hydroxylation is 1. The van der Waals surface area contributed by atoms with Gasteiger partial charge in [-0.1, -0.05) is 26.0 Å². The second-order valence-corrected chi connectivity index (χ2v) is 9.24. The summed E-state index contributed by atoms with van der Waals surface area (Å²) in [7, 11) is 0. The van der Waals surface area contributed by atoms with Gasteiger partial charge in [0.25, 0.3) is 0 Å². The van der Waals surface area contributed by atoms with E-state index in [0.717, 1.165) is 11.3 Å². The van der Waals surface area contributed by atoms with Crippen molar-refractivity contribution in [1.82, 2.24) is 9.88 Å². The number of amides is 3. The number of likely N-dealkylation sites (tertiary alicyclic amines) is 1. The highest BCUT2D eigenvalue weighted by molar-refractivity contribution is 5.99. The van der Waals surface area contributed by atoms with Crippen molar-refractivity contribution in [3.05, 3.63) is 53.0 Å². The molecule has 2 aliphatic rings. The van der Waals surface area contributed by atoms with E-state index >= 15 is 0 Å². The SMILES string of the molecule is CC(C)c1ccc(NC(=O)N2CCC[C@@H]2C(=O)Nc2ccc3c(n2)CCC(C(=O)O)C3)cc1F. The monoisotopic (exact) mass is 468 g/mol. The van der Waals surface area contributed by atoms with Gasteiger partial charge < -0.3 is 20.6 Å². The minimum atomic E-state index is -0.804. The molecule has 1 aliphatic heterocycles. The van der Waals surface area contributed by atoms with Crippen molar-refractivity contribution >= 4 is 29.4 Å². The Morgan fingerprint density at radius 2 is 1.94 bits per heavy atom. The summed E-state index contributed by atoms with van der Waals surface area (Å²) in [5.41, 5.74) is 2.60. The third-order valence-electron chi connectivity index (χ3n) is 6.55. The number of carbonyl (C=O) groups is 3. The summed E-state index contributed by atoms with van der Waals surface area (Å²) in [6.07, 6.45) is 2.69. The molecule has 0 saturated carbocycles. The fourth-order valence-electron chi connectivity index (χ4n) is 4.65. The minimum Gasteiger partial charge on any atom is -0.481 e. The fourth-order valence-corrected chi connectivity index (χ4v) is 4.65. The summed E-state index contributed by atoms with van der Waals surface area (Å²) < 4.78 is 14.3. The van der Waals surface area contributed by atoms with Crippen molar-refractivity contribution < 1.29 is 23.9 Å². The summed E-state index contributed by atoms with van der Waals surface area (Å²) in [5, 5.41) is 14.7. The number of fused-ring (bicyclic) bond motifs is 1. The van der Waals surface area contributed by atoms with E-state index < -0.39 is 24.0 Å². The van der Waals surface area contributed by atoms with Gasteiger partial charge in [0.2, 0.25) is 5.91 Å². The average Bonchev–Trinajstić information content (AvgIpc) is 3.29. The Hall–Kier alpha value is -3.49. The lowest BCUT2D eigenvalue weighted by molar-refractivity contribution is -0.142. The van der Waals surface area contributed by atoms with Crippen molar-refractivity contribution in [2.45, 2.75) is 57.9 Å². The van der Waals surface area contributed by atoms with E-state index in [2.05, 4.69) is 15.6 Å². The Labute approximate surface area is 197 Å². The summed E-state index contributed by atoms with van der Waals surface area (Å²) in [4.78, 5) is 43.0. The Bertz CT molecular complexity index is 1120. The Morgan fingerprint density at radius 3 is 2.65 bits per heavy atom. The van der Waals surface area contributed by atoms with Crippen LogP contribution in [-0.2, 0) is 22.4 Å². The van der Waals surface area contributed by atoms with Gasteiger partial charge in [-0.05, 0) is 67.3 Å². The average molecular weight is 469 g/mol. The molecule has 9 heteroatoms. The van der Waals surface area contributed by atoms with Crippen LogP contribution in [0.3, 0.4) is 0 Å². The van der Waals surface area contributed by atoms with E-state index in [4.69, 9.17) is 0 Å². The summed E-state index contributed by atoms with van der Waals surface area (Å²) >= 11 is 0. The van der Waals surface area contributed by atoms with E-state index in [1.54, 1.807) is 18.2 Å². The van der Waals surface area contributed by atoms with Crippen LogP contribution in [-0.4, -0.2) is 45.5 Å². The number of nitrogens with one attached hydrogen (secondary N) is 2. The second kappa shape index (κ2) is 9.79. The van der Waals surface area contributed by atoms with Crippen molar-refractivity contribution in [3.63, 3.8) is 0 Å². The maximum atomic E-state index is 14.3. The number of carboxylic acids is 1. The predicted octanol–water partition coefficient (Wildman–Crippen LogP) is 4.17. The van der Waals surface area contributed by atoms with E-state index in [0.29, 0.717) is 55.7 Å². The highest BCUT2D eigenvalue weighted by Crippen LogP contribution is 2.27. The molecule has 1 aliphatic carbocycles. The molecule has 3 N–H and O–H groups in total. The van der Waals surface area contributed by atoms with Crippen LogP contribution < -0.4 is 10.6 Å². The van der Waals surface area contributed by atoms with Crippen LogP contribution in [0, 0.1) is 11.7 Å². The number of nitrogens with zero attached hydrogens (tertiary/aromatic N) is 2. The number of rotatable bonds is 5. The number of anilines is 2. The van der Waals surface area contributed by atoms with Gasteiger partial charge in [0.1, 0.15) is 17.7 Å². The highest BCUT2D eigenvalue weighted by Gasteiger charge is 2.34. The van der Waals surface area contributed by atoms with Gasteiger partial charge in [0.05, 0.1) is 5.92 Å². The molecule has 4 rings (SSSR count). The lowest BCUT2D eigenvalue weighted by atomic mass is 9.87. The van der Waals surface area contributed by atoms with Gasteiger partial charge in [0.15, 0.2) is 0 Å². The molecule has 0 spiro atoms. The first-order valence-electron chi connectivity index (χ1n) is 11.6. The van der Waals surface area contributed by atoms with E-state index in [9.17, 15) is 23.9 Å². The predicted molar refractivity (Wildman–Crippen MR) is 125 cm³/mol. The molecule has 8 nitrogen and oxygen atoms in total. The third kappa shape index (κ3) is 5.03. The van der Waals surface area contributed by atoms with Crippen LogP contribution in [0.2, 0.25) is 0 Å². The molecule has 2 aromatic rings. The molecule has 3 amide bonds. The molecule has 1 fully saturated rings. The Kier molecular flexibility index (Phi) is 6.81. The van der Waals surface area contributed by atoms with Crippen LogP contribution in [0.25, 0.3) is 0 Å². The number of hydrogen-bond acceptors (Lipinski definition) is 4. The summed E-state index contributed by atoms with van der Waals surface area (Å²) in [6, 6.07) is 6.98. The van der Waals surface area contributed by atoms with Gasteiger partial charge in [-0.3, -0.25) is 9.59 Å². The number of halogens is 1. The number of pyridine rings is 1. The molecule has 1 aromatic carbocycles. The second-order valence-electron chi connectivity index (χ2n) is 9.24. The maximum Gasteiger partial charge on any atom is 0.322 e. The number of carbonyl (C=O) groups excluding carboxylic acids is 2. The molecule has 0 radical (unpaired) electrons. The fraction of sp³-hybridized carbons (Fsp3) is 0.440. The van der Waals surface area contributed by atoms with Crippen molar-refractivity contribution in [2.75, 3.05) is 17.2 Å². The molecule has 180 valence electrons.